The molecule has 0 radical (unpaired) electrons. The maximum Gasteiger partial charge on any atom is 0.253 e. The van der Waals surface area contributed by atoms with Gasteiger partial charge < -0.3 is 10.2 Å². The van der Waals surface area contributed by atoms with Crippen LogP contribution in [0.2, 0.25) is 0 Å². The summed E-state index contributed by atoms with van der Waals surface area (Å²) in [7, 11) is 0. The maximum atomic E-state index is 12.2. The van der Waals surface area contributed by atoms with Gasteiger partial charge >= 0.3 is 0 Å². The van der Waals surface area contributed by atoms with Gasteiger partial charge in [-0.2, -0.15) is 5.26 Å². The second kappa shape index (κ2) is 7.41. The molecule has 2 aromatic heterocycles. The minimum absolute atomic E-state index is 0.0963. The molecule has 1 aliphatic heterocycles. The van der Waals surface area contributed by atoms with Crippen LogP contribution in [0.4, 0.5) is 5.82 Å². The van der Waals surface area contributed by atoms with Crippen LogP contribution in [0.15, 0.2) is 41.3 Å². The van der Waals surface area contributed by atoms with Crippen molar-refractivity contribution >= 4 is 27.7 Å². The zero-order valence-corrected chi connectivity index (χ0v) is 14.5. The van der Waals surface area contributed by atoms with Crippen LogP contribution in [0, 0.1) is 11.3 Å². The summed E-state index contributed by atoms with van der Waals surface area (Å²) in [6.45, 7) is 1.50. The summed E-state index contributed by atoms with van der Waals surface area (Å²) < 4.78 is 0.793. The molecule has 7 heteroatoms. The first-order valence-corrected chi connectivity index (χ1v) is 8.48. The molecule has 0 atom stereocenters. The molecule has 0 aliphatic carbocycles. The predicted octanol–water partition coefficient (Wildman–Crippen LogP) is 2.51. The summed E-state index contributed by atoms with van der Waals surface area (Å²) in [5.74, 6) is 0.610. The highest BCUT2D eigenvalue weighted by Gasteiger charge is 2.23. The molecule has 0 saturated carbocycles. The van der Waals surface area contributed by atoms with Gasteiger partial charge in [0.05, 0.1) is 11.1 Å². The monoisotopic (exact) mass is 385 g/mol. The number of pyridine rings is 2. The first kappa shape index (κ1) is 16.4. The number of nitriles is 1. The van der Waals surface area contributed by atoms with Crippen molar-refractivity contribution < 1.29 is 4.79 Å². The van der Waals surface area contributed by atoms with E-state index in [1.54, 1.807) is 36.8 Å². The lowest BCUT2D eigenvalue weighted by atomic mass is 10.0. The third-order valence-corrected chi connectivity index (χ3v) is 4.44. The smallest absolute Gasteiger partial charge is 0.253 e. The van der Waals surface area contributed by atoms with Crippen LogP contribution in [-0.2, 0) is 0 Å². The Balaban J connectivity index is 1.60. The lowest BCUT2D eigenvalue weighted by Crippen LogP contribution is -2.45. The van der Waals surface area contributed by atoms with Crippen molar-refractivity contribution in [2.45, 2.75) is 18.9 Å². The van der Waals surface area contributed by atoms with Gasteiger partial charge in [-0.1, -0.05) is 0 Å². The first-order chi connectivity index (χ1) is 11.7. The molecule has 1 N–H and O–H groups in total. The second-order valence-electron chi connectivity index (χ2n) is 5.61. The number of anilines is 1. The fourth-order valence-corrected chi connectivity index (χ4v) is 3.10. The number of amides is 1. The minimum Gasteiger partial charge on any atom is -0.355 e. The van der Waals surface area contributed by atoms with Crippen molar-refractivity contribution in [3.63, 3.8) is 0 Å². The number of aromatic nitrogens is 2. The molecule has 6 nitrogen and oxygen atoms in total. The Labute approximate surface area is 148 Å². The SMILES string of the molecule is N#Cc1cc(Br)cnc1N1CCC(NC(=O)c2cccnc2)CC1. The zero-order chi connectivity index (χ0) is 16.9. The average molecular weight is 386 g/mol. The number of carbonyl (C=O) groups is 1. The van der Waals surface area contributed by atoms with Crippen LogP contribution in [0.1, 0.15) is 28.8 Å². The molecule has 1 aliphatic rings. The van der Waals surface area contributed by atoms with Gasteiger partial charge in [0.15, 0.2) is 0 Å². The van der Waals surface area contributed by atoms with E-state index < -0.39 is 0 Å². The molecule has 122 valence electrons. The van der Waals surface area contributed by atoms with Crippen LogP contribution in [0.5, 0.6) is 0 Å². The summed E-state index contributed by atoms with van der Waals surface area (Å²) in [4.78, 5) is 22.6. The van der Waals surface area contributed by atoms with Crippen LogP contribution < -0.4 is 10.2 Å². The highest BCUT2D eigenvalue weighted by atomic mass is 79.9. The highest BCUT2D eigenvalue weighted by molar-refractivity contribution is 9.10. The van der Waals surface area contributed by atoms with Crippen LogP contribution in [-0.4, -0.2) is 35.0 Å². The van der Waals surface area contributed by atoms with Crippen molar-refractivity contribution in [1.29, 1.82) is 5.26 Å². The summed E-state index contributed by atoms with van der Waals surface area (Å²) in [5, 5.41) is 12.3. The van der Waals surface area contributed by atoms with E-state index in [0.29, 0.717) is 16.9 Å². The summed E-state index contributed by atoms with van der Waals surface area (Å²) >= 11 is 3.34. The van der Waals surface area contributed by atoms with Crippen LogP contribution in [0.25, 0.3) is 0 Å². The molecule has 1 amide bonds. The first-order valence-electron chi connectivity index (χ1n) is 7.69. The Morgan fingerprint density at radius 2 is 2.17 bits per heavy atom. The van der Waals surface area contributed by atoms with Gasteiger partial charge in [-0.3, -0.25) is 9.78 Å². The Hall–Kier alpha value is -2.46. The molecule has 0 aromatic carbocycles. The number of nitrogens with zero attached hydrogens (tertiary/aromatic N) is 4. The fourth-order valence-electron chi connectivity index (χ4n) is 2.77. The van der Waals surface area contributed by atoms with Crippen molar-refractivity contribution in [2.24, 2.45) is 0 Å². The van der Waals surface area contributed by atoms with E-state index in [0.717, 1.165) is 30.4 Å². The van der Waals surface area contributed by atoms with E-state index in [-0.39, 0.29) is 11.9 Å². The third kappa shape index (κ3) is 3.71. The zero-order valence-electron chi connectivity index (χ0n) is 12.9. The quantitative estimate of drug-likeness (QED) is 0.877. The number of carbonyl (C=O) groups excluding carboxylic acids is 1. The van der Waals surface area contributed by atoms with Crippen molar-refractivity contribution in [3.8, 4) is 6.07 Å². The maximum absolute atomic E-state index is 12.2. The number of piperidine rings is 1. The van der Waals surface area contributed by atoms with Gasteiger partial charge in [0.1, 0.15) is 11.9 Å². The molecular formula is C17H16BrN5O. The number of rotatable bonds is 3. The molecule has 0 unspecified atom stereocenters. The average Bonchev–Trinajstić information content (AvgIpc) is 2.63. The van der Waals surface area contributed by atoms with E-state index in [2.05, 4.69) is 42.2 Å². The fraction of sp³-hybridized carbons (Fsp3) is 0.294. The van der Waals surface area contributed by atoms with E-state index in [9.17, 15) is 10.1 Å². The van der Waals surface area contributed by atoms with Gasteiger partial charge in [0, 0.05) is 42.2 Å². The molecular weight excluding hydrogens is 370 g/mol. The topological polar surface area (TPSA) is 81.9 Å². The number of hydrogen-bond donors (Lipinski definition) is 1. The standard InChI is InChI=1S/C17H16BrN5O/c18-14-8-13(9-19)16(21-11-14)23-6-3-15(4-7-23)22-17(24)12-2-1-5-20-10-12/h1-2,5,8,10-11,15H,3-4,6-7H2,(H,22,24). The lowest BCUT2D eigenvalue weighted by Gasteiger charge is -2.33. The molecule has 0 spiro atoms. The van der Waals surface area contributed by atoms with E-state index >= 15 is 0 Å². The molecule has 0 bridgehead atoms. The van der Waals surface area contributed by atoms with Crippen molar-refractivity contribution in [1.82, 2.24) is 15.3 Å². The normalized spacial score (nSPS) is 14.9. The Bertz CT molecular complexity index is 766. The lowest BCUT2D eigenvalue weighted by molar-refractivity contribution is 0.0930. The number of nitrogens with one attached hydrogen (secondary N) is 1. The number of hydrogen-bond acceptors (Lipinski definition) is 5. The summed E-state index contributed by atoms with van der Waals surface area (Å²) in [5.41, 5.74) is 1.13. The van der Waals surface area contributed by atoms with Gasteiger partial charge in [0.25, 0.3) is 5.91 Å². The van der Waals surface area contributed by atoms with Gasteiger partial charge in [0.2, 0.25) is 0 Å². The minimum atomic E-state index is -0.0963. The summed E-state index contributed by atoms with van der Waals surface area (Å²) in [6.07, 6.45) is 6.54. The van der Waals surface area contributed by atoms with Crippen molar-refractivity contribution in [2.75, 3.05) is 18.0 Å². The van der Waals surface area contributed by atoms with Gasteiger partial charge in [-0.05, 0) is 47.0 Å². The number of halogens is 1. The second-order valence-corrected chi connectivity index (χ2v) is 6.53. The Morgan fingerprint density at radius 3 is 2.83 bits per heavy atom. The Kier molecular flexibility index (Phi) is 5.06. The third-order valence-electron chi connectivity index (χ3n) is 4.01. The molecule has 2 aromatic rings. The van der Waals surface area contributed by atoms with Gasteiger partial charge in [-0.25, -0.2) is 4.98 Å². The molecule has 3 heterocycles. The van der Waals surface area contributed by atoms with Crippen LogP contribution >= 0.6 is 15.9 Å². The predicted molar refractivity (Wildman–Crippen MR) is 93.6 cm³/mol. The van der Waals surface area contributed by atoms with E-state index in [4.69, 9.17) is 0 Å². The highest BCUT2D eigenvalue weighted by Crippen LogP contribution is 2.24. The molecule has 24 heavy (non-hydrogen) atoms. The summed E-state index contributed by atoms with van der Waals surface area (Å²) in [6, 6.07) is 7.59. The largest absolute Gasteiger partial charge is 0.355 e. The molecule has 3 rings (SSSR count). The molecule has 1 fully saturated rings. The Morgan fingerprint density at radius 1 is 1.38 bits per heavy atom. The van der Waals surface area contributed by atoms with Crippen LogP contribution in [0.3, 0.4) is 0 Å². The van der Waals surface area contributed by atoms with Crippen molar-refractivity contribution in [3.05, 3.63) is 52.4 Å². The van der Waals surface area contributed by atoms with E-state index in [1.165, 1.54) is 0 Å². The van der Waals surface area contributed by atoms with E-state index in [1.807, 2.05) is 0 Å². The van der Waals surface area contributed by atoms with Gasteiger partial charge in [-0.15, -0.1) is 0 Å². The molecule has 1 saturated heterocycles.